The van der Waals surface area contributed by atoms with Crippen molar-refractivity contribution in [1.82, 2.24) is 20.5 Å². The molecule has 2 heterocycles. The van der Waals surface area contributed by atoms with E-state index in [0.717, 1.165) is 49.1 Å². The van der Waals surface area contributed by atoms with E-state index < -0.39 is 0 Å². The second-order valence-corrected chi connectivity index (χ2v) is 8.24. The summed E-state index contributed by atoms with van der Waals surface area (Å²) in [5.41, 5.74) is 2.59. The summed E-state index contributed by atoms with van der Waals surface area (Å²) in [4.78, 5) is 11.4. The molecule has 1 fully saturated rings. The van der Waals surface area contributed by atoms with Crippen LogP contribution in [-0.2, 0) is 12.8 Å². The van der Waals surface area contributed by atoms with Crippen molar-refractivity contribution in [1.29, 1.82) is 0 Å². The number of hydrogen-bond donors (Lipinski definition) is 2. The highest BCUT2D eigenvalue weighted by Gasteiger charge is 2.22. The molecule has 1 unspecified atom stereocenters. The topological polar surface area (TPSA) is 52.6 Å². The van der Waals surface area contributed by atoms with Crippen LogP contribution in [0, 0.1) is 12.8 Å². The Labute approximate surface area is 190 Å². The molecular formula is C21H32IN5S. The third-order valence-electron chi connectivity index (χ3n) is 5.05. The van der Waals surface area contributed by atoms with Crippen LogP contribution in [0.2, 0.25) is 0 Å². The minimum atomic E-state index is 0. The quantitative estimate of drug-likeness (QED) is 0.323. The highest BCUT2D eigenvalue weighted by Crippen LogP contribution is 2.16. The van der Waals surface area contributed by atoms with Gasteiger partial charge in [-0.15, -0.1) is 35.3 Å². The third kappa shape index (κ3) is 7.67. The molecule has 2 aromatic rings. The fraction of sp³-hybridized carbons (Fsp3) is 0.524. The van der Waals surface area contributed by atoms with Gasteiger partial charge in [0, 0.05) is 45.0 Å². The second kappa shape index (κ2) is 12.4. The van der Waals surface area contributed by atoms with Gasteiger partial charge in [0.2, 0.25) is 0 Å². The third-order valence-corrected chi connectivity index (χ3v) is 5.87. The van der Waals surface area contributed by atoms with Crippen LogP contribution in [0.4, 0.5) is 0 Å². The lowest BCUT2D eigenvalue weighted by molar-refractivity contribution is 0.328. The van der Waals surface area contributed by atoms with Crippen molar-refractivity contribution < 1.29 is 0 Å². The molecule has 0 saturated carbocycles. The van der Waals surface area contributed by atoms with E-state index in [-0.39, 0.29) is 24.0 Å². The van der Waals surface area contributed by atoms with Gasteiger partial charge in [-0.1, -0.05) is 30.3 Å². The van der Waals surface area contributed by atoms with Crippen LogP contribution in [0.1, 0.15) is 22.7 Å². The van der Waals surface area contributed by atoms with Crippen LogP contribution in [0.15, 0.2) is 40.7 Å². The minimum absolute atomic E-state index is 0. The SMILES string of the molecule is CN=C(NCCc1csc(C)n1)NCC1CCN(CCc2ccccc2)C1.I. The Morgan fingerprint density at radius 1 is 1.25 bits per heavy atom. The molecule has 1 atom stereocenters. The zero-order chi connectivity index (χ0) is 18.9. The van der Waals surface area contributed by atoms with Crippen LogP contribution in [0.3, 0.4) is 0 Å². The smallest absolute Gasteiger partial charge is 0.190 e. The molecule has 1 saturated heterocycles. The van der Waals surface area contributed by atoms with Crippen molar-refractivity contribution >= 4 is 41.3 Å². The van der Waals surface area contributed by atoms with Crippen LogP contribution < -0.4 is 10.6 Å². The van der Waals surface area contributed by atoms with Gasteiger partial charge in [0.05, 0.1) is 10.7 Å². The largest absolute Gasteiger partial charge is 0.356 e. The molecule has 0 amide bonds. The van der Waals surface area contributed by atoms with Gasteiger partial charge in [-0.2, -0.15) is 0 Å². The summed E-state index contributed by atoms with van der Waals surface area (Å²) < 4.78 is 0. The molecule has 7 heteroatoms. The van der Waals surface area contributed by atoms with E-state index in [2.05, 4.69) is 61.2 Å². The monoisotopic (exact) mass is 513 g/mol. The average molecular weight is 513 g/mol. The molecule has 28 heavy (non-hydrogen) atoms. The summed E-state index contributed by atoms with van der Waals surface area (Å²) in [6.07, 6.45) is 3.33. The normalized spacial score (nSPS) is 17.4. The van der Waals surface area contributed by atoms with E-state index in [9.17, 15) is 0 Å². The Morgan fingerprint density at radius 2 is 2.07 bits per heavy atom. The lowest BCUT2D eigenvalue weighted by Crippen LogP contribution is -2.41. The molecule has 1 aliphatic heterocycles. The second-order valence-electron chi connectivity index (χ2n) is 7.18. The van der Waals surface area contributed by atoms with E-state index >= 15 is 0 Å². The minimum Gasteiger partial charge on any atom is -0.356 e. The van der Waals surface area contributed by atoms with Gasteiger partial charge in [0.1, 0.15) is 0 Å². The van der Waals surface area contributed by atoms with Crippen molar-refractivity contribution in [2.45, 2.75) is 26.2 Å². The van der Waals surface area contributed by atoms with Crippen molar-refractivity contribution in [2.24, 2.45) is 10.9 Å². The van der Waals surface area contributed by atoms with Gasteiger partial charge in [0.25, 0.3) is 0 Å². The van der Waals surface area contributed by atoms with Gasteiger partial charge in [-0.25, -0.2) is 4.98 Å². The number of nitrogens with one attached hydrogen (secondary N) is 2. The van der Waals surface area contributed by atoms with E-state index in [1.165, 1.54) is 25.1 Å². The van der Waals surface area contributed by atoms with Gasteiger partial charge >= 0.3 is 0 Å². The summed E-state index contributed by atoms with van der Waals surface area (Å²) >= 11 is 1.71. The zero-order valence-electron chi connectivity index (χ0n) is 16.9. The first-order valence-corrected chi connectivity index (χ1v) is 10.7. The Bertz CT molecular complexity index is 719. The van der Waals surface area contributed by atoms with Crippen LogP contribution >= 0.6 is 35.3 Å². The van der Waals surface area contributed by atoms with E-state index in [4.69, 9.17) is 0 Å². The first kappa shape index (κ1) is 23.1. The number of aromatic nitrogens is 1. The predicted molar refractivity (Wildman–Crippen MR) is 130 cm³/mol. The maximum absolute atomic E-state index is 4.50. The number of aryl methyl sites for hydroxylation is 1. The molecule has 3 rings (SSSR count). The standard InChI is InChI=1S/C21H31N5S.HI/c1-17-25-20(16-27-17)8-11-23-21(22-2)24-14-19-10-13-26(15-19)12-9-18-6-4-3-5-7-18;/h3-7,16,19H,8-15H2,1-2H3,(H2,22,23,24);1H. The summed E-state index contributed by atoms with van der Waals surface area (Å²) in [6, 6.07) is 10.8. The number of likely N-dealkylation sites (tertiary alicyclic amines) is 1. The lowest BCUT2D eigenvalue weighted by atomic mass is 10.1. The lowest BCUT2D eigenvalue weighted by Gasteiger charge is -2.17. The fourth-order valence-electron chi connectivity index (χ4n) is 3.51. The first-order chi connectivity index (χ1) is 13.2. The maximum Gasteiger partial charge on any atom is 0.190 e. The predicted octanol–water partition coefficient (Wildman–Crippen LogP) is 3.34. The van der Waals surface area contributed by atoms with Crippen LogP contribution in [0.25, 0.3) is 0 Å². The van der Waals surface area contributed by atoms with Crippen molar-refractivity contribution in [3.05, 3.63) is 52.0 Å². The number of nitrogens with zero attached hydrogens (tertiary/aromatic N) is 3. The van der Waals surface area contributed by atoms with Crippen LogP contribution in [0.5, 0.6) is 0 Å². The maximum atomic E-state index is 4.50. The Kier molecular flexibility index (Phi) is 10.2. The highest BCUT2D eigenvalue weighted by molar-refractivity contribution is 14.0. The number of benzene rings is 1. The molecular weight excluding hydrogens is 481 g/mol. The van der Waals surface area contributed by atoms with Crippen molar-refractivity contribution in [3.63, 3.8) is 0 Å². The summed E-state index contributed by atoms with van der Waals surface area (Å²) in [5.74, 6) is 1.59. The molecule has 2 N–H and O–H groups in total. The number of aliphatic imine (C=N–C) groups is 1. The van der Waals surface area contributed by atoms with Gasteiger partial charge in [0.15, 0.2) is 5.96 Å². The molecule has 1 aromatic heterocycles. The van der Waals surface area contributed by atoms with Gasteiger partial charge < -0.3 is 15.5 Å². The van der Waals surface area contributed by atoms with Gasteiger partial charge in [-0.3, -0.25) is 4.99 Å². The first-order valence-electron chi connectivity index (χ1n) is 9.84. The number of thiazole rings is 1. The van der Waals surface area contributed by atoms with E-state index in [0.29, 0.717) is 5.92 Å². The van der Waals surface area contributed by atoms with Crippen molar-refractivity contribution in [2.75, 3.05) is 39.8 Å². The van der Waals surface area contributed by atoms with Crippen LogP contribution in [-0.4, -0.2) is 55.6 Å². The Morgan fingerprint density at radius 3 is 2.79 bits per heavy atom. The highest BCUT2D eigenvalue weighted by atomic mass is 127. The Balaban J connectivity index is 0.00000280. The molecule has 0 radical (unpaired) electrons. The van der Waals surface area contributed by atoms with Gasteiger partial charge in [-0.05, 0) is 37.8 Å². The average Bonchev–Trinajstić information content (AvgIpc) is 3.32. The molecule has 1 aliphatic rings. The molecule has 0 aliphatic carbocycles. The molecule has 0 bridgehead atoms. The van der Waals surface area contributed by atoms with E-state index in [1.54, 1.807) is 11.3 Å². The number of hydrogen-bond acceptors (Lipinski definition) is 4. The van der Waals surface area contributed by atoms with E-state index in [1.807, 2.05) is 14.0 Å². The summed E-state index contributed by atoms with van der Waals surface area (Å²) in [5, 5.41) is 10.2. The van der Waals surface area contributed by atoms with Crippen molar-refractivity contribution in [3.8, 4) is 0 Å². The molecule has 1 aromatic carbocycles. The number of halogens is 1. The molecule has 154 valence electrons. The zero-order valence-corrected chi connectivity index (χ0v) is 20.0. The summed E-state index contributed by atoms with van der Waals surface area (Å²) in [7, 11) is 1.84. The fourth-order valence-corrected chi connectivity index (χ4v) is 4.16. The number of guanidine groups is 1. The summed E-state index contributed by atoms with van der Waals surface area (Å²) in [6.45, 7) is 7.42. The molecule has 0 spiro atoms. The number of rotatable bonds is 8. The molecule has 5 nitrogen and oxygen atoms in total. The Hall–Kier alpha value is -1.19.